The molecule has 104 valence electrons. The van der Waals surface area contributed by atoms with Crippen molar-refractivity contribution in [2.75, 3.05) is 0 Å². The number of aryl methyl sites for hydroxylation is 1. The minimum atomic E-state index is -0.853. The summed E-state index contributed by atoms with van der Waals surface area (Å²) in [6, 6.07) is 7.12. The second kappa shape index (κ2) is 5.85. The number of benzene rings is 2. The van der Waals surface area contributed by atoms with Gasteiger partial charge in [-0.25, -0.2) is 8.78 Å². The molecule has 2 rings (SSSR count). The molecule has 2 aromatic carbocycles. The summed E-state index contributed by atoms with van der Waals surface area (Å²) < 4.78 is 33.8. The van der Waals surface area contributed by atoms with Crippen LogP contribution in [0, 0.1) is 18.6 Å². The van der Waals surface area contributed by atoms with Crippen LogP contribution in [-0.2, 0) is 0 Å². The third kappa shape index (κ3) is 3.13. The molecule has 0 heterocycles. The maximum atomic E-state index is 13.8. The number of rotatable bonds is 3. The second-order valence-corrected chi connectivity index (χ2v) is 5.44. The normalized spacial score (nSPS) is 10.4. The predicted octanol–water partition coefficient (Wildman–Crippen LogP) is 4.46. The van der Waals surface area contributed by atoms with Gasteiger partial charge in [0, 0.05) is 10.0 Å². The van der Waals surface area contributed by atoms with E-state index in [1.165, 1.54) is 0 Å². The largest absolute Gasteiger partial charge is 0.451 e. The highest BCUT2D eigenvalue weighted by Gasteiger charge is 2.15. The van der Waals surface area contributed by atoms with Crippen molar-refractivity contribution in [2.45, 2.75) is 6.92 Å². The van der Waals surface area contributed by atoms with Crippen LogP contribution in [0.4, 0.5) is 8.78 Å². The standard InChI is InChI=1S/C14H10BrF2NOS/c1-7-4-9(2-3-10(7)15)19-13-11(16)5-8(14(18)20)6-12(13)17/h2-6H,1H3,(H2,18,20). The molecule has 0 aliphatic heterocycles. The molecule has 0 amide bonds. The Labute approximate surface area is 128 Å². The summed E-state index contributed by atoms with van der Waals surface area (Å²) in [5.41, 5.74) is 6.35. The molecule has 0 saturated heterocycles. The zero-order valence-electron chi connectivity index (χ0n) is 10.4. The number of hydrogen-bond donors (Lipinski definition) is 1. The molecule has 0 saturated carbocycles. The Morgan fingerprint density at radius 1 is 1.20 bits per heavy atom. The first-order chi connectivity index (χ1) is 9.38. The Hall–Kier alpha value is -1.53. The van der Waals surface area contributed by atoms with E-state index in [-0.39, 0.29) is 10.6 Å². The third-order valence-electron chi connectivity index (χ3n) is 2.63. The van der Waals surface area contributed by atoms with E-state index in [0.717, 1.165) is 22.2 Å². The van der Waals surface area contributed by atoms with Gasteiger partial charge in [0.25, 0.3) is 0 Å². The van der Waals surface area contributed by atoms with E-state index in [0.29, 0.717) is 5.75 Å². The first kappa shape index (κ1) is 14.9. The Morgan fingerprint density at radius 2 is 1.80 bits per heavy atom. The quantitative estimate of drug-likeness (QED) is 0.823. The van der Waals surface area contributed by atoms with Crippen LogP contribution < -0.4 is 10.5 Å². The number of nitrogens with two attached hydrogens (primary N) is 1. The highest BCUT2D eigenvalue weighted by Crippen LogP contribution is 2.30. The smallest absolute Gasteiger partial charge is 0.198 e. The summed E-state index contributed by atoms with van der Waals surface area (Å²) in [6.45, 7) is 1.85. The topological polar surface area (TPSA) is 35.2 Å². The number of halogens is 3. The van der Waals surface area contributed by atoms with Crippen molar-refractivity contribution >= 4 is 33.1 Å². The van der Waals surface area contributed by atoms with Crippen molar-refractivity contribution in [1.29, 1.82) is 0 Å². The maximum Gasteiger partial charge on any atom is 0.198 e. The van der Waals surface area contributed by atoms with Gasteiger partial charge in [0.05, 0.1) is 0 Å². The van der Waals surface area contributed by atoms with Crippen LogP contribution in [0.3, 0.4) is 0 Å². The highest BCUT2D eigenvalue weighted by atomic mass is 79.9. The van der Waals surface area contributed by atoms with Crippen molar-refractivity contribution in [3.8, 4) is 11.5 Å². The molecule has 0 aliphatic carbocycles. The van der Waals surface area contributed by atoms with Crippen LogP contribution in [0.1, 0.15) is 11.1 Å². The van der Waals surface area contributed by atoms with Gasteiger partial charge in [-0.05, 0) is 42.8 Å². The van der Waals surface area contributed by atoms with E-state index >= 15 is 0 Å². The van der Waals surface area contributed by atoms with Gasteiger partial charge >= 0.3 is 0 Å². The van der Waals surface area contributed by atoms with Gasteiger partial charge in [-0.1, -0.05) is 28.1 Å². The van der Waals surface area contributed by atoms with Gasteiger partial charge in [0.15, 0.2) is 17.4 Å². The lowest BCUT2D eigenvalue weighted by Crippen LogP contribution is -2.10. The Balaban J connectivity index is 2.38. The molecular weight excluding hydrogens is 348 g/mol. The van der Waals surface area contributed by atoms with E-state index < -0.39 is 17.4 Å². The first-order valence-corrected chi connectivity index (χ1v) is 6.81. The van der Waals surface area contributed by atoms with Crippen molar-refractivity contribution in [3.05, 3.63) is 57.6 Å². The number of thiocarbonyl (C=S) groups is 1. The fourth-order valence-corrected chi connectivity index (χ4v) is 1.96. The molecule has 0 aliphatic rings. The molecule has 2 N–H and O–H groups in total. The van der Waals surface area contributed by atoms with Gasteiger partial charge in [-0.2, -0.15) is 0 Å². The lowest BCUT2D eigenvalue weighted by atomic mass is 10.2. The molecule has 20 heavy (non-hydrogen) atoms. The van der Waals surface area contributed by atoms with Crippen molar-refractivity contribution < 1.29 is 13.5 Å². The van der Waals surface area contributed by atoms with Crippen LogP contribution in [0.5, 0.6) is 11.5 Å². The van der Waals surface area contributed by atoms with Crippen molar-refractivity contribution in [2.24, 2.45) is 5.73 Å². The summed E-state index contributed by atoms with van der Waals surface area (Å²) in [6.07, 6.45) is 0. The minimum absolute atomic E-state index is 0.0752. The van der Waals surface area contributed by atoms with Crippen molar-refractivity contribution in [1.82, 2.24) is 0 Å². The molecule has 6 heteroatoms. The van der Waals surface area contributed by atoms with E-state index in [1.807, 2.05) is 6.92 Å². The molecule has 2 nitrogen and oxygen atoms in total. The van der Waals surface area contributed by atoms with Gasteiger partial charge < -0.3 is 10.5 Å². The molecule has 2 aromatic rings. The van der Waals surface area contributed by atoms with Crippen molar-refractivity contribution in [3.63, 3.8) is 0 Å². The lowest BCUT2D eigenvalue weighted by Gasteiger charge is -2.10. The SMILES string of the molecule is Cc1cc(Oc2c(F)cc(C(N)=S)cc2F)ccc1Br. The summed E-state index contributed by atoms with van der Waals surface area (Å²) in [4.78, 5) is -0.0752. The minimum Gasteiger partial charge on any atom is -0.451 e. The number of ether oxygens (including phenoxy) is 1. The van der Waals surface area contributed by atoms with Crippen LogP contribution in [0.15, 0.2) is 34.8 Å². The first-order valence-electron chi connectivity index (χ1n) is 5.61. The molecule has 0 unspecified atom stereocenters. The zero-order valence-corrected chi connectivity index (χ0v) is 12.8. The van der Waals surface area contributed by atoms with E-state index in [4.69, 9.17) is 10.5 Å². The Bertz CT molecular complexity index is 668. The Morgan fingerprint density at radius 3 is 2.30 bits per heavy atom. The molecule has 0 bridgehead atoms. The van der Waals surface area contributed by atoms with E-state index in [2.05, 4.69) is 28.1 Å². The average molecular weight is 358 g/mol. The molecule has 0 atom stereocenters. The molecule has 0 aromatic heterocycles. The van der Waals surface area contributed by atoms with Gasteiger partial charge in [-0.15, -0.1) is 0 Å². The van der Waals surface area contributed by atoms with E-state index in [1.54, 1.807) is 18.2 Å². The fraction of sp³-hybridized carbons (Fsp3) is 0.0714. The summed E-state index contributed by atoms with van der Waals surface area (Å²) in [5.74, 6) is -1.85. The highest BCUT2D eigenvalue weighted by molar-refractivity contribution is 9.10. The van der Waals surface area contributed by atoms with Crippen LogP contribution >= 0.6 is 28.1 Å². The molecular formula is C14H10BrF2NOS. The fourth-order valence-electron chi connectivity index (χ4n) is 1.60. The summed E-state index contributed by atoms with van der Waals surface area (Å²) in [5, 5.41) is 0. The monoisotopic (exact) mass is 357 g/mol. The van der Waals surface area contributed by atoms with Gasteiger partial charge in [-0.3, -0.25) is 0 Å². The van der Waals surface area contributed by atoms with E-state index in [9.17, 15) is 8.78 Å². The van der Waals surface area contributed by atoms with Gasteiger partial charge in [0.1, 0.15) is 10.7 Å². The van der Waals surface area contributed by atoms with Crippen LogP contribution in [-0.4, -0.2) is 4.99 Å². The lowest BCUT2D eigenvalue weighted by molar-refractivity contribution is 0.407. The van der Waals surface area contributed by atoms with Crippen LogP contribution in [0.2, 0.25) is 0 Å². The molecule has 0 spiro atoms. The zero-order chi connectivity index (χ0) is 14.9. The maximum absolute atomic E-state index is 13.8. The third-order valence-corrected chi connectivity index (χ3v) is 3.76. The van der Waals surface area contributed by atoms with Crippen LogP contribution in [0.25, 0.3) is 0 Å². The summed E-state index contributed by atoms with van der Waals surface area (Å²) in [7, 11) is 0. The average Bonchev–Trinajstić information content (AvgIpc) is 2.37. The number of hydrogen-bond acceptors (Lipinski definition) is 2. The van der Waals surface area contributed by atoms with Gasteiger partial charge in [0.2, 0.25) is 0 Å². The predicted molar refractivity (Wildman–Crippen MR) is 81.2 cm³/mol. The molecule has 0 fully saturated rings. The Kier molecular flexibility index (Phi) is 4.35. The summed E-state index contributed by atoms with van der Waals surface area (Å²) >= 11 is 8.02. The second-order valence-electron chi connectivity index (χ2n) is 4.15. The molecule has 0 radical (unpaired) electrons.